The molecule has 0 spiro atoms. The molecule has 1 aliphatic rings. The molecule has 132 valence electrons. The van der Waals surface area contributed by atoms with Crippen LogP contribution in [0.2, 0.25) is 0 Å². The first-order valence-electron chi connectivity index (χ1n) is 8.89. The summed E-state index contributed by atoms with van der Waals surface area (Å²) < 4.78 is 11.0. The second-order valence-electron chi connectivity index (χ2n) is 6.47. The zero-order valence-corrected chi connectivity index (χ0v) is 14.6. The van der Waals surface area contributed by atoms with Gasteiger partial charge in [-0.05, 0) is 24.0 Å². The second kappa shape index (κ2) is 8.67. The van der Waals surface area contributed by atoms with Crippen LogP contribution in [0, 0.1) is 0 Å². The average molecular weight is 339 g/mol. The van der Waals surface area contributed by atoms with Crippen LogP contribution in [0.15, 0.2) is 60.7 Å². The van der Waals surface area contributed by atoms with Gasteiger partial charge in [0.2, 0.25) is 0 Å². The number of nitrogens with one attached hydrogen (secondary N) is 1. The van der Waals surface area contributed by atoms with Gasteiger partial charge in [-0.3, -0.25) is 0 Å². The quantitative estimate of drug-likeness (QED) is 0.577. The lowest BCUT2D eigenvalue weighted by Crippen LogP contribution is -2.25. The molecule has 4 nitrogen and oxygen atoms in total. The highest BCUT2D eigenvalue weighted by Crippen LogP contribution is 2.38. The molecular formula is C21H25NO3. The number of alkyl carbamates (subject to hydrolysis) is 1. The average Bonchev–Trinajstić information content (AvgIpc) is 3.44. The van der Waals surface area contributed by atoms with E-state index in [0.717, 1.165) is 18.4 Å². The van der Waals surface area contributed by atoms with Crippen molar-refractivity contribution in [3.8, 4) is 0 Å². The summed E-state index contributed by atoms with van der Waals surface area (Å²) in [5.41, 5.74) is 2.30. The molecule has 1 heterocycles. The van der Waals surface area contributed by atoms with E-state index >= 15 is 0 Å². The summed E-state index contributed by atoms with van der Waals surface area (Å²) in [6.07, 6.45) is 2.09. The van der Waals surface area contributed by atoms with Crippen molar-refractivity contribution < 1.29 is 14.3 Å². The van der Waals surface area contributed by atoms with Crippen LogP contribution < -0.4 is 5.32 Å². The molecule has 4 heteroatoms. The van der Waals surface area contributed by atoms with Crippen molar-refractivity contribution in [3.63, 3.8) is 0 Å². The number of benzene rings is 2. The van der Waals surface area contributed by atoms with Crippen LogP contribution in [0.1, 0.15) is 36.8 Å². The Labute approximate surface area is 149 Å². The molecule has 0 aromatic heterocycles. The van der Waals surface area contributed by atoms with Crippen molar-refractivity contribution in [1.82, 2.24) is 5.32 Å². The smallest absolute Gasteiger partial charge is 0.407 e. The van der Waals surface area contributed by atoms with Crippen molar-refractivity contribution in [1.29, 1.82) is 0 Å². The standard InChI is InChI=1S/C21H25NO3/c1-16(18-11-6-3-7-12-18)20-19(25-20)13-8-14-22-21(23)24-15-17-9-4-2-5-10-17/h2-7,9-12,16,19-20H,8,13-15H2,1H3,(H,22,23)/t16?,19-,20+/m1/s1. The van der Waals surface area contributed by atoms with E-state index in [1.54, 1.807) is 0 Å². The third-order valence-corrected chi connectivity index (χ3v) is 4.59. The maximum absolute atomic E-state index is 11.7. The van der Waals surface area contributed by atoms with Crippen LogP contribution >= 0.6 is 0 Å². The predicted octanol–water partition coefficient (Wildman–Crippen LogP) is 4.26. The van der Waals surface area contributed by atoms with Gasteiger partial charge in [0, 0.05) is 12.5 Å². The number of amides is 1. The van der Waals surface area contributed by atoms with E-state index in [0.29, 0.717) is 31.3 Å². The number of hydrogen-bond acceptors (Lipinski definition) is 3. The molecule has 1 fully saturated rings. The molecule has 2 aromatic rings. The summed E-state index contributed by atoms with van der Waals surface area (Å²) in [5.74, 6) is 0.412. The molecule has 1 N–H and O–H groups in total. The Kier molecular flexibility index (Phi) is 6.07. The van der Waals surface area contributed by atoms with Crippen LogP contribution in [0.5, 0.6) is 0 Å². The summed E-state index contributed by atoms with van der Waals surface area (Å²) in [6, 6.07) is 20.1. The van der Waals surface area contributed by atoms with Crippen LogP contribution in [0.4, 0.5) is 4.79 Å². The van der Waals surface area contributed by atoms with Gasteiger partial charge in [-0.25, -0.2) is 4.79 Å². The van der Waals surface area contributed by atoms with Gasteiger partial charge in [0.1, 0.15) is 6.61 Å². The van der Waals surface area contributed by atoms with Crippen molar-refractivity contribution >= 4 is 6.09 Å². The summed E-state index contributed by atoms with van der Waals surface area (Å²) in [7, 11) is 0. The minimum absolute atomic E-state index is 0.299. The van der Waals surface area contributed by atoms with Crippen molar-refractivity contribution in [3.05, 3.63) is 71.8 Å². The first kappa shape index (κ1) is 17.5. The zero-order chi connectivity index (χ0) is 17.5. The lowest BCUT2D eigenvalue weighted by atomic mass is 9.95. The molecule has 1 unspecified atom stereocenters. The number of hydrogen-bond donors (Lipinski definition) is 1. The first-order valence-corrected chi connectivity index (χ1v) is 8.89. The molecule has 0 saturated carbocycles. The maximum atomic E-state index is 11.7. The fraction of sp³-hybridized carbons (Fsp3) is 0.381. The van der Waals surface area contributed by atoms with E-state index in [2.05, 4.69) is 36.5 Å². The number of rotatable bonds is 8. The molecule has 0 aliphatic carbocycles. The predicted molar refractivity (Wildman–Crippen MR) is 97.4 cm³/mol. The fourth-order valence-electron chi connectivity index (χ4n) is 3.04. The van der Waals surface area contributed by atoms with Crippen LogP contribution in [-0.2, 0) is 16.1 Å². The Morgan fingerprint density at radius 3 is 2.52 bits per heavy atom. The topological polar surface area (TPSA) is 50.9 Å². The van der Waals surface area contributed by atoms with Gasteiger partial charge in [0.15, 0.2) is 0 Å². The summed E-state index contributed by atoms with van der Waals surface area (Å²) in [6.45, 7) is 3.12. The van der Waals surface area contributed by atoms with E-state index in [-0.39, 0.29) is 6.09 Å². The molecule has 2 aromatic carbocycles. The zero-order valence-electron chi connectivity index (χ0n) is 14.6. The van der Waals surface area contributed by atoms with Gasteiger partial charge in [-0.15, -0.1) is 0 Å². The van der Waals surface area contributed by atoms with E-state index in [1.165, 1.54) is 5.56 Å². The Balaban J connectivity index is 1.27. The van der Waals surface area contributed by atoms with E-state index in [1.807, 2.05) is 36.4 Å². The van der Waals surface area contributed by atoms with E-state index in [4.69, 9.17) is 9.47 Å². The molecule has 1 amide bonds. The molecule has 25 heavy (non-hydrogen) atoms. The monoisotopic (exact) mass is 339 g/mol. The summed E-state index contributed by atoms with van der Waals surface area (Å²) >= 11 is 0. The molecular weight excluding hydrogens is 314 g/mol. The molecule has 3 atom stereocenters. The van der Waals surface area contributed by atoms with E-state index in [9.17, 15) is 4.79 Å². The fourth-order valence-corrected chi connectivity index (χ4v) is 3.04. The minimum Gasteiger partial charge on any atom is -0.445 e. The van der Waals surface area contributed by atoms with Crippen molar-refractivity contribution in [2.75, 3.05) is 6.54 Å². The maximum Gasteiger partial charge on any atom is 0.407 e. The molecule has 0 bridgehead atoms. The van der Waals surface area contributed by atoms with Gasteiger partial charge in [0.25, 0.3) is 0 Å². The third kappa shape index (κ3) is 5.33. The highest BCUT2D eigenvalue weighted by molar-refractivity contribution is 5.67. The SMILES string of the molecule is CC(c1ccccc1)[C@@H]1O[C@@H]1CCCNC(=O)OCc1ccccc1. The summed E-state index contributed by atoms with van der Waals surface area (Å²) in [5, 5.41) is 2.80. The number of carbonyl (C=O) groups is 1. The lowest BCUT2D eigenvalue weighted by molar-refractivity contribution is 0.139. The van der Waals surface area contributed by atoms with Gasteiger partial charge in [0.05, 0.1) is 12.2 Å². The molecule has 1 saturated heterocycles. The van der Waals surface area contributed by atoms with Gasteiger partial charge in [-0.1, -0.05) is 67.6 Å². The molecule has 0 radical (unpaired) electrons. The second-order valence-corrected chi connectivity index (χ2v) is 6.47. The number of epoxide rings is 1. The van der Waals surface area contributed by atoms with Gasteiger partial charge < -0.3 is 14.8 Å². The molecule has 1 aliphatic heterocycles. The Morgan fingerprint density at radius 2 is 1.80 bits per heavy atom. The Hall–Kier alpha value is -2.33. The van der Waals surface area contributed by atoms with Gasteiger partial charge >= 0.3 is 6.09 Å². The van der Waals surface area contributed by atoms with Crippen molar-refractivity contribution in [2.45, 2.75) is 44.5 Å². The van der Waals surface area contributed by atoms with E-state index < -0.39 is 0 Å². The third-order valence-electron chi connectivity index (χ3n) is 4.59. The number of ether oxygens (including phenoxy) is 2. The first-order chi connectivity index (χ1) is 12.2. The normalized spacial score (nSPS) is 19.9. The van der Waals surface area contributed by atoms with Crippen molar-refractivity contribution in [2.24, 2.45) is 0 Å². The van der Waals surface area contributed by atoms with Crippen LogP contribution in [-0.4, -0.2) is 24.8 Å². The highest BCUT2D eigenvalue weighted by atomic mass is 16.6. The lowest BCUT2D eigenvalue weighted by Gasteiger charge is -2.08. The Morgan fingerprint density at radius 1 is 1.12 bits per heavy atom. The summed E-state index contributed by atoms with van der Waals surface area (Å²) in [4.78, 5) is 11.7. The number of carbonyl (C=O) groups excluding carboxylic acids is 1. The Bertz CT molecular complexity index is 659. The highest BCUT2D eigenvalue weighted by Gasteiger charge is 2.42. The largest absolute Gasteiger partial charge is 0.445 e. The van der Waals surface area contributed by atoms with Crippen LogP contribution in [0.25, 0.3) is 0 Å². The minimum atomic E-state index is -0.366. The van der Waals surface area contributed by atoms with Gasteiger partial charge in [-0.2, -0.15) is 0 Å². The molecule has 3 rings (SSSR count). The van der Waals surface area contributed by atoms with Crippen LogP contribution in [0.3, 0.4) is 0 Å².